The van der Waals surface area contributed by atoms with E-state index < -0.39 is 0 Å². The molecular weight excluding hydrogens is 204 g/mol. The van der Waals surface area contributed by atoms with Crippen LogP contribution in [0.2, 0.25) is 0 Å². The van der Waals surface area contributed by atoms with Gasteiger partial charge in [-0.1, -0.05) is 0 Å². The second kappa shape index (κ2) is 6.83. The Bertz CT molecular complexity index is 232. The lowest BCUT2D eigenvalue weighted by atomic mass is 10.1. The van der Waals surface area contributed by atoms with Gasteiger partial charge in [0.2, 0.25) is 0 Å². The van der Waals surface area contributed by atoms with Crippen LogP contribution >= 0.6 is 0 Å². The third-order valence-corrected chi connectivity index (χ3v) is 3.04. The molecule has 94 valence electrons. The number of methoxy groups -OCH3 is 1. The van der Waals surface area contributed by atoms with Crippen LogP contribution in [0, 0.1) is 0 Å². The summed E-state index contributed by atoms with van der Waals surface area (Å²) in [5, 5.41) is 0. The molecule has 5 heteroatoms. The first-order chi connectivity index (χ1) is 7.63. The first-order valence-electron chi connectivity index (χ1n) is 5.80. The molecule has 0 bridgehead atoms. The lowest BCUT2D eigenvalue weighted by Crippen LogP contribution is -2.51. The summed E-state index contributed by atoms with van der Waals surface area (Å²) in [5.41, 5.74) is 5.90. The first kappa shape index (κ1) is 13.4. The van der Waals surface area contributed by atoms with E-state index in [1.807, 2.05) is 0 Å². The number of nitrogens with two attached hydrogens (primary N) is 1. The number of likely N-dealkylation sites (N-methyl/N-ethyl adjacent to an activating group) is 2. The van der Waals surface area contributed by atoms with Gasteiger partial charge in [0.15, 0.2) is 0 Å². The maximum atomic E-state index is 5.90. The monoisotopic (exact) mass is 228 g/mol. The second-order valence-electron chi connectivity index (χ2n) is 4.47. The summed E-state index contributed by atoms with van der Waals surface area (Å²) in [7, 11) is 5.98. The summed E-state index contributed by atoms with van der Waals surface area (Å²) >= 11 is 0. The molecular formula is C11H24N4O. The SMILES string of the molecule is COCCN=C(N)CC1CN(C)CCN1C. The van der Waals surface area contributed by atoms with E-state index in [1.165, 1.54) is 0 Å². The van der Waals surface area contributed by atoms with E-state index in [2.05, 4.69) is 28.9 Å². The minimum Gasteiger partial charge on any atom is -0.387 e. The second-order valence-corrected chi connectivity index (χ2v) is 4.47. The number of amidine groups is 1. The molecule has 1 aliphatic heterocycles. The van der Waals surface area contributed by atoms with Gasteiger partial charge >= 0.3 is 0 Å². The summed E-state index contributed by atoms with van der Waals surface area (Å²) in [6, 6.07) is 0.491. The van der Waals surface area contributed by atoms with E-state index in [0.717, 1.165) is 31.9 Å². The van der Waals surface area contributed by atoms with E-state index in [0.29, 0.717) is 19.2 Å². The lowest BCUT2D eigenvalue weighted by molar-refractivity contribution is 0.118. The maximum Gasteiger partial charge on any atom is 0.0954 e. The summed E-state index contributed by atoms with van der Waals surface area (Å²) in [6.07, 6.45) is 0.852. The minimum absolute atomic E-state index is 0.491. The Morgan fingerprint density at radius 3 is 2.88 bits per heavy atom. The molecule has 0 aromatic rings. The highest BCUT2D eigenvalue weighted by Gasteiger charge is 2.22. The summed E-state index contributed by atoms with van der Waals surface area (Å²) in [6.45, 7) is 4.60. The van der Waals surface area contributed by atoms with E-state index >= 15 is 0 Å². The van der Waals surface area contributed by atoms with Gasteiger partial charge in [0.25, 0.3) is 0 Å². The average Bonchev–Trinajstić information content (AvgIpc) is 2.24. The fourth-order valence-electron chi connectivity index (χ4n) is 1.91. The number of aliphatic imine (C=N–C) groups is 1. The van der Waals surface area contributed by atoms with E-state index in [4.69, 9.17) is 10.5 Å². The number of ether oxygens (including phenoxy) is 1. The van der Waals surface area contributed by atoms with Gasteiger partial charge in [-0.25, -0.2) is 0 Å². The Morgan fingerprint density at radius 1 is 1.44 bits per heavy atom. The molecule has 0 aromatic carbocycles. The molecule has 2 N–H and O–H groups in total. The molecule has 1 saturated heterocycles. The van der Waals surface area contributed by atoms with Crippen LogP contribution in [0.15, 0.2) is 4.99 Å². The fourth-order valence-corrected chi connectivity index (χ4v) is 1.91. The van der Waals surface area contributed by atoms with Gasteiger partial charge < -0.3 is 20.3 Å². The van der Waals surface area contributed by atoms with Crippen molar-refractivity contribution in [3.63, 3.8) is 0 Å². The Kier molecular flexibility index (Phi) is 5.73. The van der Waals surface area contributed by atoms with Crippen molar-refractivity contribution in [2.24, 2.45) is 10.7 Å². The molecule has 1 heterocycles. The molecule has 1 unspecified atom stereocenters. The predicted octanol–water partition coefficient (Wildman–Crippen LogP) is -0.374. The van der Waals surface area contributed by atoms with Crippen molar-refractivity contribution in [3.05, 3.63) is 0 Å². The normalized spacial score (nSPS) is 24.9. The predicted molar refractivity (Wildman–Crippen MR) is 66.9 cm³/mol. The van der Waals surface area contributed by atoms with Gasteiger partial charge in [-0.15, -0.1) is 0 Å². The molecule has 5 nitrogen and oxygen atoms in total. The van der Waals surface area contributed by atoms with Crippen LogP contribution in [0.3, 0.4) is 0 Å². The van der Waals surface area contributed by atoms with E-state index in [-0.39, 0.29) is 0 Å². The summed E-state index contributed by atoms with van der Waals surface area (Å²) in [4.78, 5) is 8.99. The largest absolute Gasteiger partial charge is 0.387 e. The maximum absolute atomic E-state index is 5.90. The number of rotatable bonds is 5. The molecule has 0 radical (unpaired) electrons. The van der Waals surface area contributed by atoms with Gasteiger partial charge in [-0.2, -0.15) is 0 Å². The van der Waals surface area contributed by atoms with Crippen molar-refractivity contribution in [1.29, 1.82) is 0 Å². The molecule has 0 amide bonds. The Hall–Kier alpha value is -0.650. The van der Waals surface area contributed by atoms with Crippen LogP contribution in [0.1, 0.15) is 6.42 Å². The molecule has 1 rings (SSSR count). The highest BCUT2D eigenvalue weighted by molar-refractivity contribution is 5.80. The topological polar surface area (TPSA) is 54.1 Å². The first-order valence-corrected chi connectivity index (χ1v) is 5.80. The molecule has 1 fully saturated rings. The van der Waals surface area contributed by atoms with Gasteiger partial charge in [0, 0.05) is 39.2 Å². The Labute approximate surface area is 98.3 Å². The lowest BCUT2D eigenvalue weighted by Gasteiger charge is -2.37. The average molecular weight is 228 g/mol. The van der Waals surface area contributed by atoms with Crippen LogP contribution in [-0.2, 0) is 4.74 Å². The van der Waals surface area contributed by atoms with E-state index in [1.54, 1.807) is 7.11 Å². The van der Waals surface area contributed by atoms with Crippen molar-refractivity contribution in [1.82, 2.24) is 9.80 Å². The van der Waals surface area contributed by atoms with E-state index in [9.17, 15) is 0 Å². The van der Waals surface area contributed by atoms with Crippen LogP contribution in [0.25, 0.3) is 0 Å². The van der Waals surface area contributed by atoms with Crippen molar-refractivity contribution in [2.45, 2.75) is 12.5 Å². The van der Waals surface area contributed by atoms with Gasteiger partial charge in [0.1, 0.15) is 0 Å². The third kappa shape index (κ3) is 4.47. The molecule has 1 atom stereocenters. The summed E-state index contributed by atoms with van der Waals surface area (Å²) < 4.78 is 4.94. The van der Waals surface area contributed by atoms with Crippen LogP contribution in [0.5, 0.6) is 0 Å². The number of hydrogen-bond donors (Lipinski definition) is 1. The Balaban J connectivity index is 2.36. The third-order valence-electron chi connectivity index (χ3n) is 3.04. The molecule has 0 aromatic heterocycles. The zero-order valence-corrected chi connectivity index (χ0v) is 10.6. The quantitative estimate of drug-likeness (QED) is 0.396. The minimum atomic E-state index is 0.491. The zero-order valence-electron chi connectivity index (χ0n) is 10.6. The highest BCUT2D eigenvalue weighted by atomic mass is 16.5. The molecule has 1 aliphatic rings. The molecule has 16 heavy (non-hydrogen) atoms. The number of hydrogen-bond acceptors (Lipinski definition) is 4. The van der Waals surface area contributed by atoms with Crippen molar-refractivity contribution in [2.75, 3.05) is 54.0 Å². The fraction of sp³-hybridized carbons (Fsp3) is 0.909. The summed E-state index contributed by atoms with van der Waals surface area (Å²) in [5.74, 6) is 0.740. The van der Waals surface area contributed by atoms with Crippen LogP contribution in [0.4, 0.5) is 0 Å². The Morgan fingerprint density at radius 2 is 2.19 bits per heavy atom. The van der Waals surface area contributed by atoms with Crippen molar-refractivity contribution < 1.29 is 4.74 Å². The van der Waals surface area contributed by atoms with Crippen molar-refractivity contribution in [3.8, 4) is 0 Å². The van der Waals surface area contributed by atoms with Gasteiger partial charge in [-0.05, 0) is 14.1 Å². The molecule has 0 saturated carbocycles. The standard InChI is InChI=1S/C11H24N4O/c1-14-5-6-15(2)10(9-14)8-11(12)13-4-7-16-3/h10H,4-9H2,1-3H3,(H2,12,13). The van der Waals surface area contributed by atoms with Crippen LogP contribution < -0.4 is 5.73 Å². The smallest absolute Gasteiger partial charge is 0.0954 e. The molecule has 0 aliphatic carbocycles. The van der Waals surface area contributed by atoms with Gasteiger partial charge in [-0.3, -0.25) is 4.99 Å². The zero-order chi connectivity index (χ0) is 12.0. The van der Waals surface area contributed by atoms with Gasteiger partial charge in [0.05, 0.1) is 19.0 Å². The molecule has 0 spiro atoms. The number of nitrogens with zero attached hydrogens (tertiary/aromatic N) is 3. The highest BCUT2D eigenvalue weighted by Crippen LogP contribution is 2.09. The van der Waals surface area contributed by atoms with Crippen molar-refractivity contribution >= 4 is 5.84 Å². The van der Waals surface area contributed by atoms with Crippen LogP contribution in [-0.4, -0.2) is 75.7 Å². The number of piperazine rings is 1.